The largest absolute Gasteiger partial charge is 0.387 e. The summed E-state index contributed by atoms with van der Waals surface area (Å²) < 4.78 is 26.7. The molecule has 2 aliphatic heterocycles. The van der Waals surface area contributed by atoms with E-state index in [9.17, 15) is 13.5 Å². The fraction of sp³-hybridized carbons (Fsp3) is 1.00. The van der Waals surface area contributed by atoms with Crippen LogP contribution in [0.1, 0.15) is 44.9 Å². The highest BCUT2D eigenvalue weighted by Gasteiger charge is 2.45. The first-order valence-electron chi connectivity index (χ1n) is 7.93. The van der Waals surface area contributed by atoms with Gasteiger partial charge >= 0.3 is 0 Å². The van der Waals surface area contributed by atoms with Crippen molar-refractivity contribution in [3.05, 3.63) is 0 Å². The van der Waals surface area contributed by atoms with E-state index in [0.29, 0.717) is 26.1 Å². The maximum absolute atomic E-state index is 12.6. The van der Waals surface area contributed by atoms with Gasteiger partial charge < -0.3 is 10.0 Å². The van der Waals surface area contributed by atoms with Gasteiger partial charge in [-0.15, -0.1) is 0 Å². The second-order valence-electron chi connectivity index (χ2n) is 6.74. The number of rotatable bonds is 4. The molecule has 116 valence electrons. The summed E-state index contributed by atoms with van der Waals surface area (Å²) in [5.41, 5.74) is -0.837. The molecule has 3 rings (SSSR count). The molecule has 0 aromatic carbocycles. The van der Waals surface area contributed by atoms with Gasteiger partial charge in [0.2, 0.25) is 10.0 Å². The van der Waals surface area contributed by atoms with E-state index in [1.165, 1.54) is 12.8 Å². The number of hydrogen-bond donors (Lipinski definition) is 1. The number of aliphatic hydroxyl groups is 1. The van der Waals surface area contributed by atoms with Gasteiger partial charge in [-0.05, 0) is 45.2 Å². The van der Waals surface area contributed by atoms with E-state index in [1.54, 1.807) is 4.31 Å². The lowest BCUT2D eigenvalue weighted by Gasteiger charge is -2.29. The molecule has 0 spiro atoms. The first kappa shape index (κ1) is 14.8. The molecule has 1 N–H and O–H groups in total. The third-order valence-electron chi connectivity index (χ3n) is 5.10. The molecule has 0 radical (unpaired) electrons. The third kappa shape index (κ3) is 2.89. The standard InChI is InChI=1S/C14H26N2O3S/c17-14(11-15-8-3-4-9-15)7-10-16(12-14)20(18,19)13-5-1-2-6-13/h13,17H,1-12H2/t14-/m0/s1. The zero-order valence-electron chi connectivity index (χ0n) is 12.1. The Bertz CT molecular complexity index is 441. The average Bonchev–Trinajstić information content (AvgIpc) is 3.09. The van der Waals surface area contributed by atoms with E-state index in [-0.39, 0.29) is 5.25 Å². The van der Waals surface area contributed by atoms with Gasteiger partial charge in [-0.3, -0.25) is 0 Å². The van der Waals surface area contributed by atoms with E-state index >= 15 is 0 Å². The summed E-state index contributed by atoms with van der Waals surface area (Å²) in [4.78, 5) is 2.27. The predicted molar refractivity (Wildman–Crippen MR) is 78.0 cm³/mol. The predicted octanol–water partition coefficient (Wildman–Crippen LogP) is 0.791. The van der Waals surface area contributed by atoms with Crippen LogP contribution >= 0.6 is 0 Å². The number of likely N-dealkylation sites (tertiary alicyclic amines) is 1. The Balaban J connectivity index is 1.63. The molecule has 2 heterocycles. The van der Waals surface area contributed by atoms with Crippen molar-refractivity contribution in [1.82, 2.24) is 9.21 Å². The van der Waals surface area contributed by atoms with E-state index in [2.05, 4.69) is 4.90 Å². The zero-order valence-corrected chi connectivity index (χ0v) is 12.9. The lowest BCUT2D eigenvalue weighted by molar-refractivity contribution is 0.0232. The minimum absolute atomic E-state index is 0.198. The van der Waals surface area contributed by atoms with Gasteiger partial charge in [0.05, 0.1) is 10.9 Å². The second kappa shape index (κ2) is 5.55. The number of nitrogens with zero attached hydrogens (tertiary/aromatic N) is 2. The fourth-order valence-corrected chi connectivity index (χ4v) is 6.04. The van der Waals surface area contributed by atoms with Crippen LogP contribution in [0.3, 0.4) is 0 Å². The van der Waals surface area contributed by atoms with Gasteiger partial charge in [0.25, 0.3) is 0 Å². The molecule has 0 unspecified atom stereocenters. The van der Waals surface area contributed by atoms with E-state index < -0.39 is 15.6 Å². The highest BCUT2D eigenvalue weighted by atomic mass is 32.2. The van der Waals surface area contributed by atoms with Gasteiger partial charge in [-0.25, -0.2) is 8.42 Å². The Morgan fingerprint density at radius 2 is 1.70 bits per heavy atom. The molecule has 3 aliphatic rings. The van der Waals surface area contributed by atoms with Crippen molar-refractivity contribution in [3.63, 3.8) is 0 Å². The summed E-state index contributed by atoms with van der Waals surface area (Å²) >= 11 is 0. The van der Waals surface area contributed by atoms with Crippen LogP contribution in [0, 0.1) is 0 Å². The van der Waals surface area contributed by atoms with Crippen LogP contribution < -0.4 is 0 Å². The van der Waals surface area contributed by atoms with Gasteiger partial charge in [0.1, 0.15) is 0 Å². The van der Waals surface area contributed by atoms with Crippen LogP contribution in [-0.4, -0.2) is 66.3 Å². The molecule has 0 aromatic rings. The highest BCUT2D eigenvalue weighted by Crippen LogP contribution is 2.32. The smallest absolute Gasteiger partial charge is 0.217 e. The summed E-state index contributed by atoms with van der Waals surface area (Å²) in [7, 11) is -3.19. The van der Waals surface area contributed by atoms with Crippen molar-refractivity contribution in [2.75, 3.05) is 32.7 Å². The molecule has 0 amide bonds. The maximum Gasteiger partial charge on any atom is 0.217 e. The van der Waals surface area contributed by atoms with Crippen LogP contribution in [0.5, 0.6) is 0 Å². The first-order chi connectivity index (χ1) is 9.50. The molecule has 2 saturated heterocycles. The Hall–Kier alpha value is -0.170. The Morgan fingerprint density at radius 1 is 1.05 bits per heavy atom. The molecule has 20 heavy (non-hydrogen) atoms. The summed E-state index contributed by atoms with van der Waals surface area (Å²) in [5, 5.41) is 10.5. The highest BCUT2D eigenvalue weighted by molar-refractivity contribution is 7.89. The lowest BCUT2D eigenvalue weighted by Crippen LogP contribution is -2.46. The van der Waals surface area contributed by atoms with Crippen LogP contribution in [-0.2, 0) is 10.0 Å². The van der Waals surface area contributed by atoms with Gasteiger partial charge in [-0.2, -0.15) is 4.31 Å². The molecule has 0 aromatic heterocycles. The monoisotopic (exact) mass is 302 g/mol. The molecular weight excluding hydrogens is 276 g/mol. The van der Waals surface area contributed by atoms with Crippen molar-refractivity contribution in [3.8, 4) is 0 Å². The number of β-amino-alcohol motifs (C(OH)–C–C–N with tert-alkyl or cyclic N) is 1. The molecule has 1 saturated carbocycles. The van der Waals surface area contributed by atoms with Crippen molar-refractivity contribution < 1.29 is 13.5 Å². The lowest BCUT2D eigenvalue weighted by atomic mass is 10.0. The van der Waals surface area contributed by atoms with Crippen LogP contribution in [0.4, 0.5) is 0 Å². The Labute approximate surface area is 122 Å². The van der Waals surface area contributed by atoms with Crippen molar-refractivity contribution in [1.29, 1.82) is 0 Å². The second-order valence-corrected chi connectivity index (χ2v) is 8.96. The van der Waals surface area contributed by atoms with E-state index in [0.717, 1.165) is 38.8 Å². The van der Waals surface area contributed by atoms with E-state index in [4.69, 9.17) is 0 Å². The van der Waals surface area contributed by atoms with Gasteiger partial charge in [0, 0.05) is 19.6 Å². The van der Waals surface area contributed by atoms with Crippen LogP contribution in [0.15, 0.2) is 0 Å². The zero-order chi connectivity index (χ0) is 14.2. The minimum Gasteiger partial charge on any atom is -0.387 e. The summed E-state index contributed by atoms with van der Waals surface area (Å²) in [6.45, 7) is 3.49. The maximum atomic E-state index is 12.6. The van der Waals surface area contributed by atoms with Gasteiger partial charge in [0.15, 0.2) is 0 Å². The summed E-state index contributed by atoms with van der Waals surface area (Å²) in [6, 6.07) is 0. The molecule has 0 bridgehead atoms. The molecule has 1 atom stereocenters. The molecule has 1 aliphatic carbocycles. The Kier molecular flexibility index (Phi) is 4.10. The molecule has 5 nitrogen and oxygen atoms in total. The number of hydrogen-bond acceptors (Lipinski definition) is 4. The van der Waals surface area contributed by atoms with Crippen molar-refractivity contribution in [2.24, 2.45) is 0 Å². The van der Waals surface area contributed by atoms with Gasteiger partial charge in [-0.1, -0.05) is 12.8 Å². The first-order valence-corrected chi connectivity index (χ1v) is 9.44. The van der Waals surface area contributed by atoms with Crippen LogP contribution in [0.2, 0.25) is 0 Å². The summed E-state index contributed by atoms with van der Waals surface area (Å²) in [5.74, 6) is 0. The molecule has 6 heteroatoms. The third-order valence-corrected chi connectivity index (χ3v) is 7.44. The fourth-order valence-electron chi connectivity index (χ4n) is 3.92. The van der Waals surface area contributed by atoms with Crippen LogP contribution in [0.25, 0.3) is 0 Å². The Morgan fingerprint density at radius 3 is 2.35 bits per heavy atom. The summed E-state index contributed by atoms with van der Waals surface area (Å²) in [6.07, 6.45) is 6.61. The van der Waals surface area contributed by atoms with Crippen molar-refractivity contribution >= 4 is 10.0 Å². The quantitative estimate of drug-likeness (QED) is 0.834. The molecule has 3 fully saturated rings. The SMILES string of the molecule is O=S(=O)(C1CCCC1)N1CC[C@](O)(CN2CCCC2)C1. The average molecular weight is 302 g/mol. The minimum atomic E-state index is -3.19. The van der Waals surface area contributed by atoms with E-state index in [1.807, 2.05) is 0 Å². The number of sulfonamides is 1. The topological polar surface area (TPSA) is 60.9 Å². The molecular formula is C14H26N2O3S. The van der Waals surface area contributed by atoms with Crippen molar-refractivity contribution in [2.45, 2.75) is 55.8 Å². The normalized spacial score (nSPS) is 34.2.